The van der Waals surface area contributed by atoms with Crippen LogP contribution in [-0.4, -0.2) is 41.5 Å². The Morgan fingerprint density at radius 2 is 2.43 bits per heavy atom. The van der Waals surface area contributed by atoms with Crippen molar-refractivity contribution in [3.63, 3.8) is 0 Å². The smallest absolute Gasteiger partial charge is 0.228 e. The van der Waals surface area contributed by atoms with Gasteiger partial charge in [0.1, 0.15) is 5.01 Å². The average molecular weight is 342 g/mol. The number of carbonyl (C=O) groups is 1. The number of amides is 1. The molecule has 1 fully saturated rings. The monoisotopic (exact) mass is 341 g/mol. The Hall–Kier alpha value is -0.950. The Kier molecular flexibility index (Phi) is 4.59. The topological polar surface area (TPSA) is 45.2 Å². The summed E-state index contributed by atoms with van der Waals surface area (Å²) in [5.74, 6) is 0.157. The molecule has 1 aliphatic heterocycles. The molecule has 1 saturated heterocycles. The molecule has 1 aliphatic rings. The van der Waals surface area contributed by atoms with Gasteiger partial charge in [-0.25, -0.2) is 4.98 Å². The maximum atomic E-state index is 12.4. The van der Waals surface area contributed by atoms with E-state index < -0.39 is 0 Å². The Bertz CT molecular complexity index is 640. The van der Waals surface area contributed by atoms with Crippen LogP contribution in [0.1, 0.15) is 12.6 Å². The maximum absolute atomic E-state index is 12.4. The van der Waals surface area contributed by atoms with E-state index in [2.05, 4.69) is 17.2 Å². The highest BCUT2D eigenvalue weighted by Gasteiger charge is 2.23. The van der Waals surface area contributed by atoms with Gasteiger partial charge in [-0.2, -0.15) is 0 Å². The van der Waals surface area contributed by atoms with E-state index in [9.17, 15) is 4.79 Å². The highest BCUT2D eigenvalue weighted by atomic mass is 35.5. The molecule has 2 aromatic heterocycles. The van der Waals surface area contributed by atoms with Gasteiger partial charge in [-0.05, 0) is 19.1 Å². The zero-order valence-electron chi connectivity index (χ0n) is 11.6. The lowest BCUT2D eigenvalue weighted by molar-refractivity contribution is -0.133. The van der Waals surface area contributed by atoms with Crippen LogP contribution in [0.3, 0.4) is 0 Å². The van der Waals surface area contributed by atoms with Crippen LogP contribution in [0.2, 0.25) is 4.34 Å². The molecule has 0 unspecified atom stereocenters. The zero-order valence-corrected chi connectivity index (χ0v) is 14.0. The number of nitrogens with zero attached hydrogens (tertiary/aromatic N) is 2. The van der Waals surface area contributed by atoms with Crippen molar-refractivity contribution >= 4 is 40.2 Å². The van der Waals surface area contributed by atoms with Crippen LogP contribution in [0.5, 0.6) is 0 Å². The molecule has 4 nitrogen and oxygen atoms in total. The summed E-state index contributed by atoms with van der Waals surface area (Å²) in [7, 11) is 0. The summed E-state index contributed by atoms with van der Waals surface area (Å²) in [6.45, 7) is 4.58. The SMILES string of the molecule is C[C@H]1CNCCN1C(=O)Cc1csc(-c2ccc(Cl)s2)n1. The molecular formula is C14H16ClN3OS2. The second-order valence-corrected chi connectivity index (χ2v) is 7.64. The minimum Gasteiger partial charge on any atom is -0.337 e. The van der Waals surface area contributed by atoms with E-state index in [4.69, 9.17) is 11.6 Å². The van der Waals surface area contributed by atoms with Crippen LogP contribution in [0.15, 0.2) is 17.5 Å². The van der Waals surface area contributed by atoms with Crippen LogP contribution < -0.4 is 5.32 Å². The summed E-state index contributed by atoms with van der Waals surface area (Å²) in [6.07, 6.45) is 0.375. The van der Waals surface area contributed by atoms with E-state index in [1.807, 2.05) is 22.4 Å². The molecular weight excluding hydrogens is 326 g/mol. The summed E-state index contributed by atoms with van der Waals surface area (Å²) in [4.78, 5) is 19.9. The van der Waals surface area contributed by atoms with Crippen LogP contribution >= 0.6 is 34.3 Å². The molecule has 21 heavy (non-hydrogen) atoms. The van der Waals surface area contributed by atoms with E-state index in [0.717, 1.165) is 39.5 Å². The second kappa shape index (κ2) is 6.44. The highest BCUT2D eigenvalue weighted by Crippen LogP contribution is 2.33. The fourth-order valence-corrected chi connectivity index (χ4v) is 4.33. The standard InChI is InChI=1S/C14H16ClN3OS2/c1-9-7-16-4-5-18(9)13(19)6-10-8-20-14(17-10)11-2-3-12(15)21-11/h2-3,8-9,16H,4-7H2,1H3/t9-/m0/s1. The van der Waals surface area contributed by atoms with Crippen molar-refractivity contribution in [2.24, 2.45) is 0 Å². The number of thiazole rings is 1. The number of thiophene rings is 1. The van der Waals surface area contributed by atoms with Crippen molar-refractivity contribution in [1.82, 2.24) is 15.2 Å². The first-order valence-electron chi connectivity index (χ1n) is 6.84. The molecule has 0 saturated carbocycles. The van der Waals surface area contributed by atoms with Gasteiger partial charge in [-0.1, -0.05) is 11.6 Å². The first kappa shape index (κ1) is 15.0. The largest absolute Gasteiger partial charge is 0.337 e. The summed E-state index contributed by atoms with van der Waals surface area (Å²) >= 11 is 9.02. The number of halogens is 1. The maximum Gasteiger partial charge on any atom is 0.228 e. The van der Waals surface area contributed by atoms with Crippen LogP contribution in [-0.2, 0) is 11.2 Å². The lowest BCUT2D eigenvalue weighted by atomic mass is 10.2. The molecule has 0 bridgehead atoms. The Labute approximate surface area is 136 Å². The van der Waals surface area contributed by atoms with Crippen LogP contribution in [0.4, 0.5) is 0 Å². The van der Waals surface area contributed by atoms with Crippen molar-refractivity contribution in [2.75, 3.05) is 19.6 Å². The second-order valence-electron chi connectivity index (χ2n) is 5.06. The lowest BCUT2D eigenvalue weighted by Gasteiger charge is -2.33. The number of hydrogen-bond acceptors (Lipinski definition) is 5. The summed E-state index contributed by atoms with van der Waals surface area (Å²) in [5.41, 5.74) is 0.843. The molecule has 0 spiro atoms. The molecule has 0 aliphatic carbocycles. The van der Waals surface area contributed by atoms with Crippen molar-refractivity contribution < 1.29 is 4.79 Å². The predicted octanol–water partition coefficient (Wildman–Crippen LogP) is 2.89. The zero-order chi connectivity index (χ0) is 14.8. The summed E-state index contributed by atoms with van der Waals surface area (Å²) < 4.78 is 0.757. The molecule has 0 radical (unpaired) electrons. The van der Waals surface area contributed by atoms with E-state index in [1.54, 1.807) is 11.3 Å². The van der Waals surface area contributed by atoms with Crippen molar-refractivity contribution in [3.8, 4) is 9.88 Å². The molecule has 1 N–H and O–H groups in total. The quantitative estimate of drug-likeness (QED) is 0.933. The molecule has 1 atom stereocenters. The number of piperazine rings is 1. The number of hydrogen-bond donors (Lipinski definition) is 1. The minimum absolute atomic E-state index is 0.157. The van der Waals surface area contributed by atoms with Crippen molar-refractivity contribution in [2.45, 2.75) is 19.4 Å². The van der Waals surface area contributed by atoms with Gasteiger partial charge in [0.25, 0.3) is 0 Å². The van der Waals surface area contributed by atoms with E-state index in [-0.39, 0.29) is 11.9 Å². The van der Waals surface area contributed by atoms with E-state index in [0.29, 0.717) is 6.42 Å². The highest BCUT2D eigenvalue weighted by molar-refractivity contribution is 7.23. The van der Waals surface area contributed by atoms with Gasteiger partial charge in [0, 0.05) is 31.1 Å². The number of carbonyl (C=O) groups excluding carboxylic acids is 1. The Morgan fingerprint density at radius 3 is 3.14 bits per heavy atom. The van der Waals surface area contributed by atoms with E-state index >= 15 is 0 Å². The Morgan fingerprint density at radius 1 is 1.57 bits per heavy atom. The van der Waals surface area contributed by atoms with Gasteiger partial charge in [0.15, 0.2) is 0 Å². The van der Waals surface area contributed by atoms with Gasteiger partial charge >= 0.3 is 0 Å². The first-order valence-corrected chi connectivity index (χ1v) is 8.91. The lowest BCUT2D eigenvalue weighted by Crippen LogP contribution is -2.52. The third-order valence-electron chi connectivity index (χ3n) is 3.49. The first-order chi connectivity index (χ1) is 10.1. The van der Waals surface area contributed by atoms with Crippen LogP contribution in [0, 0.1) is 0 Å². The predicted molar refractivity (Wildman–Crippen MR) is 88.2 cm³/mol. The van der Waals surface area contributed by atoms with Crippen molar-refractivity contribution in [1.29, 1.82) is 0 Å². The number of aromatic nitrogens is 1. The summed E-state index contributed by atoms with van der Waals surface area (Å²) in [6, 6.07) is 4.09. The Balaban J connectivity index is 1.68. The van der Waals surface area contributed by atoms with E-state index in [1.165, 1.54) is 11.3 Å². The molecule has 0 aromatic carbocycles. The fraction of sp³-hybridized carbons (Fsp3) is 0.429. The molecule has 7 heteroatoms. The molecule has 3 rings (SSSR count). The third-order valence-corrected chi connectivity index (χ3v) is 5.78. The fourth-order valence-electron chi connectivity index (χ4n) is 2.40. The molecule has 2 aromatic rings. The van der Waals surface area contributed by atoms with Gasteiger partial charge in [0.2, 0.25) is 5.91 Å². The average Bonchev–Trinajstić information content (AvgIpc) is 3.08. The number of nitrogens with one attached hydrogen (secondary N) is 1. The third kappa shape index (κ3) is 3.45. The molecule has 1 amide bonds. The van der Waals surface area contributed by atoms with Gasteiger partial charge < -0.3 is 10.2 Å². The normalized spacial score (nSPS) is 19.0. The van der Waals surface area contributed by atoms with Gasteiger partial charge in [-0.15, -0.1) is 22.7 Å². The summed E-state index contributed by atoms with van der Waals surface area (Å²) in [5, 5.41) is 6.19. The van der Waals surface area contributed by atoms with Crippen molar-refractivity contribution in [3.05, 3.63) is 27.5 Å². The van der Waals surface area contributed by atoms with Gasteiger partial charge in [-0.3, -0.25) is 4.79 Å². The minimum atomic E-state index is 0.157. The molecule has 112 valence electrons. The molecule has 3 heterocycles. The number of rotatable bonds is 3. The van der Waals surface area contributed by atoms with Gasteiger partial charge in [0.05, 0.1) is 21.3 Å². The van der Waals surface area contributed by atoms with Crippen LogP contribution in [0.25, 0.3) is 9.88 Å².